The van der Waals surface area contributed by atoms with Gasteiger partial charge in [0, 0.05) is 46.2 Å². The van der Waals surface area contributed by atoms with Crippen molar-refractivity contribution < 1.29 is 9.59 Å². The van der Waals surface area contributed by atoms with Gasteiger partial charge in [-0.15, -0.1) is 0 Å². The molecular formula is C21H29N5O2. The molecule has 1 aliphatic heterocycles. The fourth-order valence-electron chi connectivity index (χ4n) is 3.36. The van der Waals surface area contributed by atoms with E-state index in [2.05, 4.69) is 17.2 Å². The van der Waals surface area contributed by atoms with Crippen LogP contribution in [0.5, 0.6) is 0 Å². The molecule has 0 spiro atoms. The third kappa shape index (κ3) is 4.59. The van der Waals surface area contributed by atoms with E-state index in [0.717, 1.165) is 17.8 Å². The second-order valence-corrected chi connectivity index (χ2v) is 7.63. The molecule has 7 heteroatoms. The lowest BCUT2D eigenvalue weighted by atomic mass is 10.1. The average molecular weight is 383 g/mol. The lowest BCUT2D eigenvalue weighted by molar-refractivity contribution is -0.132. The normalized spacial score (nSPS) is 14.6. The Bertz CT molecular complexity index is 833. The quantitative estimate of drug-likeness (QED) is 0.787. The molecule has 1 fully saturated rings. The Balaban J connectivity index is 1.62. The molecule has 1 aromatic carbocycles. The Morgan fingerprint density at radius 3 is 2.25 bits per heavy atom. The van der Waals surface area contributed by atoms with Gasteiger partial charge in [-0.25, -0.2) is 0 Å². The average Bonchev–Trinajstić information content (AvgIpc) is 3.08. The summed E-state index contributed by atoms with van der Waals surface area (Å²) in [4.78, 5) is 30.8. The maximum absolute atomic E-state index is 12.9. The van der Waals surface area contributed by atoms with Gasteiger partial charge in [0.05, 0.1) is 5.69 Å². The van der Waals surface area contributed by atoms with Crippen molar-refractivity contribution in [1.82, 2.24) is 24.5 Å². The van der Waals surface area contributed by atoms with E-state index in [1.807, 2.05) is 56.1 Å². The zero-order valence-electron chi connectivity index (χ0n) is 17.2. The lowest BCUT2D eigenvalue weighted by Gasteiger charge is -2.34. The summed E-state index contributed by atoms with van der Waals surface area (Å²) in [5, 5.41) is 4.43. The Kier molecular flexibility index (Phi) is 6.14. The molecule has 0 N–H and O–H groups in total. The van der Waals surface area contributed by atoms with E-state index in [1.165, 1.54) is 5.56 Å². The minimum absolute atomic E-state index is 0.0747. The molecular weight excluding hydrogens is 354 g/mol. The van der Waals surface area contributed by atoms with Gasteiger partial charge >= 0.3 is 0 Å². The first kappa shape index (κ1) is 20.1. The molecule has 0 bridgehead atoms. The van der Waals surface area contributed by atoms with E-state index in [-0.39, 0.29) is 11.8 Å². The zero-order chi connectivity index (χ0) is 20.3. The molecule has 3 rings (SSSR count). The van der Waals surface area contributed by atoms with Crippen LogP contribution in [-0.4, -0.2) is 83.1 Å². The summed E-state index contributed by atoms with van der Waals surface area (Å²) < 4.78 is 1.75. The van der Waals surface area contributed by atoms with Gasteiger partial charge < -0.3 is 14.7 Å². The molecule has 7 nitrogen and oxygen atoms in total. The number of aromatic nitrogens is 2. The number of amides is 2. The number of carbonyl (C=O) groups is 2. The molecule has 1 aromatic heterocycles. The number of nitrogens with zero attached hydrogens (tertiary/aromatic N) is 5. The molecule has 0 atom stereocenters. The monoisotopic (exact) mass is 383 g/mol. The van der Waals surface area contributed by atoms with Crippen LogP contribution < -0.4 is 0 Å². The van der Waals surface area contributed by atoms with Crippen LogP contribution in [0.4, 0.5) is 0 Å². The van der Waals surface area contributed by atoms with Crippen molar-refractivity contribution >= 4 is 11.8 Å². The number of aryl methyl sites for hydroxylation is 2. The van der Waals surface area contributed by atoms with Crippen LogP contribution in [0, 0.1) is 6.92 Å². The smallest absolute Gasteiger partial charge is 0.274 e. The first-order valence-corrected chi connectivity index (χ1v) is 9.68. The predicted molar refractivity (Wildman–Crippen MR) is 109 cm³/mol. The largest absolute Gasteiger partial charge is 0.339 e. The first-order valence-electron chi connectivity index (χ1n) is 9.68. The van der Waals surface area contributed by atoms with E-state index in [9.17, 15) is 9.59 Å². The Labute approximate surface area is 166 Å². The number of hydrogen-bond donors (Lipinski definition) is 0. The van der Waals surface area contributed by atoms with Crippen molar-refractivity contribution in [2.45, 2.75) is 13.3 Å². The summed E-state index contributed by atoms with van der Waals surface area (Å²) in [5.74, 6) is 0.0784. The number of hydrogen-bond acceptors (Lipinski definition) is 4. The number of carbonyl (C=O) groups excluding carboxylic acids is 2. The second kappa shape index (κ2) is 8.56. The van der Waals surface area contributed by atoms with Crippen molar-refractivity contribution in [1.29, 1.82) is 0 Å². The highest BCUT2D eigenvalue weighted by atomic mass is 16.2. The SMILES string of the molecule is Cc1ccc(-c2cc(C(=O)N3CCN(C(=O)CCN(C)C)CC3)nn2C)cc1. The minimum Gasteiger partial charge on any atom is -0.339 e. The molecule has 0 saturated carbocycles. The molecule has 28 heavy (non-hydrogen) atoms. The Morgan fingerprint density at radius 1 is 1.04 bits per heavy atom. The summed E-state index contributed by atoms with van der Waals surface area (Å²) in [6.07, 6.45) is 0.515. The van der Waals surface area contributed by atoms with Crippen molar-refractivity contribution in [3.8, 4) is 11.3 Å². The second-order valence-electron chi connectivity index (χ2n) is 7.63. The maximum atomic E-state index is 12.9. The van der Waals surface area contributed by atoms with Crippen LogP contribution in [-0.2, 0) is 11.8 Å². The van der Waals surface area contributed by atoms with Gasteiger partial charge in [0.25, 0.3) is 5.91 Å². The van der Waals surface area contributed by atoms with Gasteiger partial charge in [-0.3, -0.25) is 14.3 Å². The summed E-state index contributed by atoms with van der Waals surface area (Å²) in [5.41, 5.74) is 3.60. The van der Waals surface area contributed by atoms with Gasteiger partial charge in [-0.2, -0.15) is 5.10 Å². The summed E-state index contributed by atoms with van der Waals surface area (Å²) in [6.45, 7) is 5.04. The zero-order valence-corrected chi connectivity index (χ0v) is 17.2. The van der Waals surface area contributed by atoms with Gasteiger partial charge in [0.15, 0.2) is 5.69 Å². The fraction of sp³-hybridized carbons (Fsp3) is 0.476. The maximum Gasteiger partial charge on any atom is 0.274 e. The van der Waals surface area contributed by atoms with Crippen molar-refractivity contribution in [2.75, 3.05) is 46.8 Å². The van der Waals surface area contributed by atoms with Gasteiger partial charge in [-0.05, 0) is 32.6 Å². The topological polar surface area (TPSA) is 61.7 Å². The minimum atomic E-state index is -0.0747. The molecule has 1 aliphatic rings. The highest BCUT2D eigenvalue weighted by Gasteiger charge is 2.26. The molecule has 2 aromatic rings. The van der Waals surface area contributed by atoms with Gasteiger partial charge in [0.1, 0.15) is 0 Å². The Morgan fingerprint density at radius 2 is 1.64 bits per heavy atom. The standard InChI is InChI=1S/C21H29N5O2/c1-16-5-7-17(8-6-16)19-15-18(22-24(19)4)21(28)26-13-11-25(12-14-26)20(27)9-10-23(2)3/h5-8,15H,9-14H2,1-4H3. The summed E-state index contributed by atoms with van der Waals surface area (Å²) >= 11 is 0. The first-order chi connectivity index (χ1) is 13.3. The van der Waals surface area contributed by atoms with Crippen LogP contribution in [0.1, 0.15) is 22.5 Å². The molecule has 2 heterocycles. The van der Waals surface area contributed by atoms with Crippen molar-refractivity contribution in [3.63, 3.8) is 0 Å². The molecule has 2 amide bonds. The summed E-state index contributed by atoms with van der Waals surface area (Å²) in [6, 6.07) is 10.0. The number of benzene rings is 1. The molecule has 150 valence electrons. The molecule has 0 unspecified atom stereocenters. The predicted octanol–water partition coefficient (Wildman–Crippen LogP) is 1.63. The highest BCUT2D eigenvalue weighted by Crippen LogP contribution is 2.21. The van der Waals surface area contributed by atoms with Gasteiger partial charge in [-0.1, -0.05) is 29.8 Å². The summed E-state index contributed by atoms with van der Waals surface area (Å²) in [7, 11) is 5.77. The van der Waals surface area contributed by atoms with Crippen LogP contribution in [0.3, 0.4) is 0 Å². The van der Waals surface area contributed by atoms with Crippen LogP contribution in [0.15, 0.2) is 30.3 Å². The third-order valence-corrected chi connectivity index (χ3v) is 5.14. The highest BCUT2D eigenvalue weighted by molar-refractivity contribution is 5.93. The third-order valence-electron chi connectivity index (χ3n) is 5.14. The number of rotatable bonds is 5. The van der Waals surface area contributed by atoms with Crippen molar-refractivity contribution in [3.05, 3.63) is 41.6 Å². The molecule has 0 radical (unpaired) electrons. The van der Waals surface area contributed by atoms with E-state index < -0.39 is 0 Å². The van der Waals surface area contributed by atoms with E-state index in [1.54, 1.807) is 9.58 Å². The van der Waals surface area contributed by atoms with Gasteiger partial charge in [0.2, 0.25) is 5.91 Å². The lowest BCUT2D eigenvalue weighted by Crippen LogP contribution is -2.51. The van der Waals surface area contributed by atoms with Crippen molar-refractivity contribution in [2.24, 2.45) is 7.05 Å². The van der Waals surface area contributed by atoms with E-state index in [0.29, 0.717) is 38.3 Å². The fourth-order valence-corrected chi connectivity index (χ4v) is 3.36. The Hall–Kier alpha value is -2.67. The molecule has 0 aliphatic carbocycles. The number of piperazine rings is 1. The van der Waals surface area contributed by atoms with Crippen LogP contribution in [0.25, 0.3) is 11.3 Å². The van der Waals surface area contributed by atoms with Crippen LogP contribution in [0.2, 0.25) is 0 Å². The molecule has 1 saturated heterocycles. The van der Waals surface area contributed by atoms with E-state index in [4.69, 9.17) is 0 Å². The van der Waals surface area contributed by atoms with Crippen LogP contribution >= 0.6 is 0 Å². The van der Waals surface area contributed by atoms with E-state index >= 15 is 0 Å².